The fourth-order valence-electron chi connectivity index (χ4n) is 2.05. The lowest BCUT2D eigenvalue weighted by atomic mass is 10.0. The van der Waals surface area contributed by atoms with Gasteiger partial charge in [-0.2, -0.15) is 0 Å². The van der Waals surface area contributed by atoms with Crippen LogP contribution < -0.4 is 4.74 Å². The molecular formula is C19H32O5S. The zero-order valence-electron chi connectivity index (χ0n) is 16.1. The third-order valence-corrected chi connectivity index (χ3v) is 4.62. The van der Waals surface area contributed by atoms with Gasteiger partial charge in [0.25, 0.3) is 0 Å². The first kappa shape index (κ1) is 23.6. The minimum Gasteiger partial charge on any atom is -0.497 e. The molecule has 5 nitrogen and oxygen atoms in total. The van der Waals surface area contributed by atoms with Crippen molar-refractivity contribution >= 4 is 15.6 Å². The Labute approximate surface area is 152 Å². The van der Waals surface area contributed by atoms with Crippen LogP contribution in [0.25, 0.3) is 0 Å². The first-order valence-electron chi connectivity index (χ1n) is 8.62. The second-order valence-corrected chi connectivity index (χ2v) is 8.28. The first-order chi connectivity index (χ1) is 11.7. The fourth-order valence-corrected chi connectivity index (χ4v) is 2.68. The molecule has 6 heteroatoms. The molecule has 1 atom stereocenters. The molecule has 0 fully saturated rings. The molecule has 0 aliphatic heterocycles. The van der Waals surface area contributed by atoms with Gasteiger partial charge < -0.3 is 9.47 Å². The molecule has 1 aromatic carbocycles. The van der Waals surface area contributed by atoms with E-state index in [1.54, 1.807) is 19.1 Å². The van der Waals surface area contributed by atoms with Gasteiger partial charge in [-0.15, -0.1) is 0 Å². The standard InChI is InChI=1S/C11H22O2.C8H10O3S/c1-4-5-6-7-10(2)8-13-9-11(3)12;1-11-7-3-5-8(6-4-7)12(2,9)10/h10H,4-9H2,1-3H3;3-6H,1-2H3. The van der Waals surface area contributed by atoms with E-state index >= 15 is 0 Å². The monoisotopic (exact) mass is 372 g/mol. The van der Waals surface area contributed by atoms with Crippen LogP contribution in [0.2, 0.25) is 0 Å². The van der Waals surface area contributed by atoms with E-state index in [2.05, 4.69) is 13.8 Å². The van der Waals surface area contributed by atoms with Crippen LogP contribution in [0.3, 0.4) is 0 Å². The van der Waals surface area contributed by atoms with Crippen molar-refractivity contribution in [3.05, 3.63) is 24.3 Å². The molecule has 25 heavy (non-hydrogen) atoms. The van der Waals surface area contributed by atoms with Crippen molar-refractivity contribution in [3.63, 3.8) is 0 Å². The van der Waals surface area contributed by atoms with E-state index in [-0.39, 0.29) is 12.4 Å². The van der Waals surface area contributed by atoms with Crippen LogP contribution in [0.15, 0.2) is 29.2 Å². The van der Waals surface area contributed by atoms with E-state index in [0.717, 1.165) is 6.61 Å². The lowest BCUT2D eigenvalue weighted by Gasteiger charge is -2.10. The van der Waals surface area contributed by atoms with Crippen LogP contribution >= 0.6 is 0 Å². The van der Waals surface area contributed by atoms with E-state index in [4.69, 9.17) is 9.47 Å². The number of rotatable bonds is 10. The van der Waals surface area contributed by atoms with Crippen molar-refractivity contribution in [3.8, 4) is 5.75 Å². The van der Waals surface area contributed by atoms with Crippen LogP contribution in [-0.4, -0.2) is 40.8 Å². The Balaban J connectivity index is 0.000000462. The molecule has 1 unspecified atom stereocenters. The fraction of sp³-hybridized carbons (Fsp3) is 0.632. The van der Waals surface area contributed by atoms with Gasteiger partial charge in [-0.1, -0.05) is 33.1 Å². The number of hydrogen-bond acceptors (Lipinski definition) is 5. The van der Waals surface area contributed by atoms with E-state index in [1.165, 1.54) is 51.2 Å². The molecule has 0 heterocycles. The van der Waals surface area contributed by atoms with Crippen molar-refractivity contribution in [1.82, 2.24) is 0 Å². The molecule has 0 N–H and O–H groups in total. The van der Waals surface area contributed by atoms with Gasteiger partial charge in [-0.3, -0.25) is 4.79 Å². The largest absolute Gasteiger partial charge is 0.497 e. The molecule has 0 saturated carbocycles. The molecule has 0 radical (unpaired) electrons. The Morgan fingerprint density at radius 3 is 2.20 bits per heavy atom. The van der Waals surface area contributed by atoms with Gasteiger partial charge in [0.2, 0.25) is 0 Å². The number of carbonyl (C=O) groups is 1. The number of sulfone groups is 1. The molecule has 0 bridgehead atoms. The third-order valence-electron chi connectivity index (χ3n) is 3.50. The van der Waals surface area contributed by atoms with Crippen LogP contribution in [0, 0.1) is 5.92 Å². The molecule has 0 spiro atoms. The highest BCUT2D eigenvalue weighted by Crippen LogP contribution is 2.14. The summed E-state index contributed by atoms with van der Waals surface area (Å²) < 4.78 is 32.1. The van der Waals surface area contributed by atoms with Crippen LogP contribution in [0.1, 0.15) is 46.5 Å². The molecule has 1 rings (SSSR count). The van der Waals surface area contributed by atoms with Crippen LogP contribution in [-0.2, 0) is 19.4 Å². The second-order valence-electron chi connectivity index (χ2n) is 6.27. The number of Topliss-reactive ketones (excluding diaryl/α,β-unsaturated/α-hetero) is 1. The van der Waals surface area contributed by atoms with E-state index in [0.29, 0.717) is 16.6 Å². The van der Waals surface area contributed by atoms with E-state index in [9.17, 15) is 13.2 Å². The van der Waals surface area contributed by atoms with Gasteiger partial charge in [0, 0.05) is 12.9 Å². The number of methoxy groups -OCH3 is 1. The zero-order chi connectivity index (χ0) is 19.3. The van der Waals surface area contributed by atoms with Gasteiger partial charge in [-0.25, -0.2) is 8.42 Å². The minimum atomic E-state index is -3.08. The smallest absolute Gasteiger partial charge is 0.175 e. The number of ketones is 1. The van der Waals surface area contributed by atoms with Gasteiger partial charge in [0.15, 0.2) is 15.6 Å². The summed E-state index contributed by atoms with van der Waals surface area (Å²) in [5.74, 6) is 1.36. The highest BCUT2D eigenvalue weighted by Gasteiger charge is 2.05. The summed E-state index contributed by atoms with van der Waals surface area (Å²) in [6, 6.07) is 6.29. The predicted molar refractivity (Wildman–Crippen MR) is 101 cm³/mol. The van der Waals surface area contributed by atoms with Crippen LogP contribution in [0.4, 0.5) is 0 Å². The zero-order valence-corrected chi connectivity index (χ0v) is 16.9. The average Bonchev–Trinajstić information content (AvgIpc) is 2.54. The highest BCUT2D eigenvalue weighted by atomic mass is 32.2. The maximum Gasteiger partial charge on any atom is 0.175 e. The molecule has 0 saturated heterocycles. The van der Waals surface area contributed by atoms with Gasteiger partial charge in [0.1, 0.15) is 12.4 Å². The lowest BCUT2D eigenvalue weighted by molar-refractivity contribution is -0.121. The quantitative estimate of drug-likeness (QED) is 0.583. The van der Waals surface area contributed by atoms with E-state index < -0.39 is 9.84 Å². The Kier molecular flexibility index (Phi) is 12.2. The number of benzene rings is 1. The van der Waals surface area contributed by atoms with Crippen molar-refractivity contribution < 1.29 is 22.7 Å². The number of hydrogen-bond donors (Lipinski definition) is 0. The van der Waals surface area contributed by atoms with E-state index in [1.807, 2.05) is 0 Å². The van der Waals surface area contributed by atoms with Crippen molar-refractivity contribution in [2.45, 2.75) is 51.3 Å². The predicted octanol–water partition coefficient (Wildman–Crippen LogP) is 3.91. The summed E-state index contributed by atoms with van der Waals surface area (Å²) in [5.41, 5.74) is 0. The molecule has 1 aromatic rings. The summed E-state index contributed by atoms with van der Waals surface area (Å²) in [6.07, 6.45) is 6.24. The molecule has 0 aliphatic carbocycles. The average molecular weight is 373 g/mol. The second kappa shape index (κ2) is 12.9. The SMILES string of the molecule is CCCCCC(C)COCC(C)=O.COc1ccc(S(C)(=O)=O)cc1. The number of carbonyl (C=O) groups excluding carboxylic acids is 1. The summed E-state index contributed by atoms with van der Waals surface area (Å²) in [5, 5.41) is 0. The molecule has 0 amide bonds. The minimum absolute atomic E-state index is 0.112. The maximum atomic E-state index is 11.0. The lowest BCUT2D eigenvalue weighted by Crippen LogP contribution is -2.10. The van der Waals surface area contributed by atoms with Crippen molar-refractivity contribution in [2.75, 3.05) is 26.6 Å². The summed E-state index contributed by atoms with van der Waals surface area (Å²) in [7, 11) is -1.55. The Morgan fingerprint density at radius 1 is 1.16 bits per heavy atom. The summed E-state index contributed by atoms with van der Waals surface area (Å²) in [4.78, 5) is 10.9. The molecule has 0 aromatic heterocycles. The van der Waals surface area contributed by atoms with Crippen molar-refractivity contribution in [1.29, 1.82) is 0 Å². The number of ether oxygens (including phenoxy) is 2. The van der Waals surface area contributed by atoms with Gasteiger partial charge in [0.05, 0.1) is 12.0 Å². The number of unbranched alkanes of at least 4 members (excludes halogenated alkanes) is 2. The Bertz CT molecular complexity index is 578. The molecule has 144 valence electrons. The van der Waals surface area contributed by atoms with Gasteiger partial charge in [-0.05, 0) is 43.5 Å². The highest BCUT2D eigenvalue weighted by molar-refractivity contribution is 7.90. The Morgan fingerprint density at radius 2 is 1.76 bits per heavy atom. The first-order valence-corrected chi connectivity index (χ1v) is 10.5. The maximum absolute atomic E-state index is 11.0. The summed E-state index contributed by atoms with van der Waals surface area (Å²) in [6.45, 7) is 6.94. The summed E-state index contributed by atoms with van der Waals surface area (Å²) >= 11 is 0. The van der Waals surface area contributed by atoms with Gasteiger partial charge >= 0.3 is 0 Å². The normalized spacial score (nSPS) is 12.0. The topological polar surface area (TPSA) is 69.7 Å². The third kappa shape index (κ3) is 12.6. The Hall–Kier alpha value is -1.40. The molecule has 0 aliphatic rings. The van der Waals surface area contributed by atoms with Crippen LogP contribution in [0.5, 0.6) is 5.75 Å². The molecular weight excluding hydrogens is 340 g/mol. The van der Waals surface area contributed by atoms with Crippen molar-refractivity contribution in [2.24, 2.45) is 5.92 Å².